The van der Waals surface area contributed by atoms with Gasteiger partial charge in [-0.15, -0.1) is 0 Å². The first-order valence-corrected chi connectivity index (χ1v) is 6.86. The summed E-state index contributed by atoms with van der Waals surface area (Å²) in [5, 5.41) is 3.23. The lowest BCUT2D eigenvalue weighted by Gasteiger charge is -2.13. The van der Waals surface area contributed by atoms with Gasteiger partial charge in [0, 0.05) is 17.8 Å². The fraction of sp³-hybridized carbons (Fsp3) is 0.235. The molecule has 4 heteroatoms. The number of methoxy groups -OCH3 is 1. The molecule has 0 aliphatic rings. The molecule has 110 valence electrons. The normalized spacial score (nSPS) is 11.9. The maximum Gasteiger partial charge on any atom is 0.179 e. The van der Waals surface area contributed by atoms with E-state index in [1.165, 1.54) is 0 Å². The van der Waals surface area contributed by atoms with Gasteiger partial charge in [-0.1, -0.05) is 12.1 Å². The quantitative estimate of drug-likeness (QED) is 0.632. The van der Waals surface area contributed by atoms with E-state index in [0.29, 0.717) is 17.8 Å². The van der Waals surface area contributed by atoms with Crippen molar-refractivity contribution in [2.45, 2.75) is 19.5 Å². The Morgan fingerprint density at radius 2 is 1.76 bits per heavy atom. The Morgan fingerprint density at radius 3 is 2.33 bits per heavy atom. The van der Waals surface area contributed by atoms with Crippen molar-refractivity contribution in [3.05, 3.63) is 59.7 Å². The van der Waals surface area contributed by atoms with E-state index in [1.54, 1.807) is 31.4 Å². The fourth-order valence-corrected chi connectivity index (χ4v) is 2.00. The molecule has 2 aromatic carbocycles. The molecule has 1 unspecified atom stereocenters. The second kappa shape index (κ2) is 6.90. The number of Topliss-reactive ketones (excluding diaryl/α,β-unsaturated/α-hetero) is 1. The molecule has 0 spiro atoms. The molecule has 2 aromatic rings. The Kier molecular flexibility index (Phi) is 4.95. The molecule has 3 N–H and O–H groups in total. The topological polar surface area (TPSA) is 64.3 Å². The molecule has 0 fully saturated rings. The van der Waals surface area contributed by atoms with E-state index < -0.39 is 0 Å². The van der Waals surface area contributed by atoms with Crippen molar-refractivity contribution in [1.29, 1.82) is 0 Å². The number of hydrogen-bond donors (Lipinski definition) is 2. The van der Waals surface area contributed by atoms with Crippen LogP contribution in [0.2, 0.25) is 0 Å². The van der Waals surface area contributed by atoms with Gasteiger partial charge >= 0.3 is 0 Å². The zero-order valence-corrected chi connectivity index (χ0v) is 12.3. The van der Waals surface area contributed by atoms with Gasteiger partial charge in [0.05, 0.1) is 13.2 Å². The Morgan fingerprint density at radius 1 is 1.14 bits per heavy atom. The lowest BCUT2D eigenvalue weighted by atomic mass is 10.0. The molecule has 0 bridgehead atoms. The average Bonchev–Trinajstić information content (AvgIpc) is 2.53. The number of ketones is 1. The third-order valence-corrected chi connectivity index (χ3v) is 3.36. The van der Waals surface area contributed by atoms with Crippen molar-refractivity contribution in [1.82, 2.24) is 5.32 Å². The van der Waals surface area contributed by atoms with Gasteiger partial charge in [0.25, 0.3) is 0 Å². The lowest BCUT2D eigenvalue weighted by Crippen LogP contribution is -2.33. The molecule has 0 aliphatic heterocycles. The first kappa shape index (κ1) is 15.1. The number of hydrogen-bond acceptors (Lipinski definition) is 4. The van der Waals surface area contributed by atoms with Gasteiger partial charge < -0.3 is 15.8 Å². The molecule has 0 radical (unpaired) electrons. The first-order valence-electron chi connectivity index (χ1n) is 6.86. The van der Waals surface area contributed by atoms with Crippen LogP contribution in [0.5, 0.6) is 5.75 Å². The average molecular weight is 284 g/mol. The van der Waals surface area contributed by atoms with Gasteiger partial charge in [0.15, 0.2) is 5.78 Å². The molecular weight excluding hydrogens is 264 g/mol. The highest BCUT2D eigenvalue weighted by Gasteiger charge is 2.14. The van der Waals surface area contributed by atoms with Gasteiger partial charge in [-0.2, -0.15) is 0 Å². The number of nitrogens with one attached hydrogen (secondary N) is 1. The van der Waals surface area contributed by atoms with Crippen molar-refractivity contribution >= 4 is 11.5 Å². The molecule has 0 aliphatic carbocycles. The Hall–Kier alpha value is -2.33. The summed E-state index contributed by atoms with van der Waals surface area (Å²) in [4.78, 5) is 12.3. The maximum absolute atomic E-state index is 12.3. The van der Waals surface area contributed by atoms with E-state index in [0.717, 1.165) is 11.3 Å². The van der Waals surface area contributed by atoms with Gasteiger partial charge in [0.1, 0.15) is 5.75 Å². The van der Waals surface area contributed by atoms with Crippen LogP contribution in [0, 0.1) is 0 Å². The number of carbonyl (C=O) groups excluding carboxylic acids is 1. The number of rotatable bonds is 6. The Labute approximate surface area is 124 Å². The standard InChI is InChI=1S/C17H20N2O2/c1-12(17(20)14-5-7-15(18)8-6-14)19-11-13-3-9-16(21-2)10-4-13/h3-10,12,19H,11,18H2,1-2H3. The molecule has 0 saturated carbocycles. The SMILES string of the molecule is COc1ccc(CNC(C)C(=O)c2ccc(N)cc2)cc1. The molecule has 4 nitrogen and oxygen atoms in total. The van der Waals surface area contributed by atoms with E-state index in [-0.39, 0.29) is 11.8 Å². The van der Waals surface area contributed by atoms with Gasteiger partial charge in [0.2, 0.25) is 0 Å². The highest BCUT2D eigenvalue weighted by atomic mass is 16.5. The summed E-state index contributed by atoms with van der Waals surface area (Å²) in [5.41, 5.74) is 8.05. The van der Waals surface area contributed by atoms with Crippen molar-refractivity contribution in [2.75, 3.05) is 12.8 Å². The summed E-state index contributed by atoms with van der Waals surface area (Å²) < 4.78 is 5.12. The van der Waals surface area contributed by atoms with Crippen LogP contribution in [-0.2, 0) is 6.54 Å². The van der Waals surface area contributed by atoms with Gasteiger partial charge in [-0.05, 0) is 48.9 Å². The third-order valence-electron chi connectivity index (χ3n) is 3.36. The zero-order chi connectivity index (χ0) is 15.2. The highest BCUT2D eigenvalue weighted by Crippen LogP contribution is 2.12. The molecule has 1 atom stereocenters. The van der Waals surface area contributed by atoms with Crippen LogP contribution < -0.4 is 15.8 Å². The third kappa shape index (κ3) is 4.07. The molecule has 0 amide bonds. The number of anilines is 1. The van der Waals surface area contributed by atoms with Crippen molar-refractivity contribution in [3.63, 3.8) is 0 Å². The Bertz CT molecular complexity index is 591. The maximum atomic E-state index is 12.3. The smallest absolute Gasteiger partial charge is 0.179 e. The first-order chi connectivity index (χ1) is 10.1. The van der Waals surface area contributed by atoms with E-state index in [9.17, 15) is 4.79 Å². The van der Waals surface area contributed by atoms with Crippen molar-refractivity contribution < 1.29 is 9.53 Å². The lowest BCUT2D eigenvalue weighted by molar-refractivity contribution is 0.0950. The Balaban J connectivity index is 1.92. The number of carbonyl (C=O) groups is 1. The summed E-state index contributed by atoms with van der Waals surface area (Å²) in [6, 6.07) is 14.5. The van der Waals surface area contributed by atoms with Crippen LogP contribution in [0.4, 0.5) is 5.69 Å². The van der Waals surface area contributed by atoms with Crippen LogP contribution in [-0.4, -0.2) is 18.9 Å². The minimum atomic E-state index is -0.254. The molecule has 0 saturated heterocycles. The molecule has 2 rings (SSSR count). The van der Waals surface area contributed by atoms with E-state index in [1.807, 2.05) is 31.2 Å². The monoisotopic (exact) mass is 284 g/mol. The minimum absolute atomic E-state index is 0.0588. The highest BCUT2D eigenvalue weighted by molar-refractivity contribution is 6.00. The van der Waals surface area contributed by atoms with Crippen molar-refractivity contribution in [3.8, 4) is 5.75 Å². The molecule has 0 aromatic heterocycles. The summed E-state index contributed by atoms with van der Waals surface area (Å²) in [7, 11) is 1.64. The van der Waals surface area contributed by atoms with E-state index in [2.05, 4.69) is 5.32 Å². The number of ether oxygens (including phenoxy) is 1. The second-order valence-electron chi connectivity index (χ2n) is 4.94. The zero-order valence-electron chi connectivity index (χ0n) is 12.3. The number of benzene rings is 2. The predicted octanol–water partition coefficient (Wildman–Crippen LogP) is 2.64. The number of nitrogen functional groups attached to an aromatic ring is 1. The van der Waals surface area contributed by atoms with E-state index >= 15 is 0 Å². The van der Waals surface area contributed by atoms with Crippen LogP contribution in [0.3, 0.4) is 0 Å². The van der Waals surface area contributed by atoms with Crippen LogP contribution >= 0.6 is 0 Å². The molecular formula is C17H20N2O2. The van der Waals surface area contributed by atoms with Crippen LogP contribution in [0.25, 0.3) is 0 Å². The molecule has 0 heterocycles. The van der Waals surface area contributed by atoms with Crippen LogP contribution in [0.15, 0.2) is 48.5 Å². The predicted molar refractivity (Wildman–Crippen MR) is 84.5 cm³/mol. The largest absolute Gasteiger partial charge is 0.497 e. The summed E-state index contributed by atoms with van der Waals surface area (Å²) >= 11 is 0. The molecule has 21 heavy (non-hydrogen) atoms. The summed E-state index contributed by atoms with van der Waals surface area (Å²) in [6.07, 6.45) is 0. The van der Waals surface area contributed by atoms with Crippen LogP contribution in [0.1, 0.15) is 22.8 Å². The minimum Gasteiger partial charge on any atom is -0.497 e. The second-order valence-corrected chi connectivity index (χ2v) is 4.94. The van der Waals surface area contributed by atoms with Gasteiger partial charge in [-0.25, -0.2) is 0 Å². The van der Waals surface area contributed by atoms with Crippen molar-refractivity contribution in [2.24, 2.45) is 0 Å². The van der Waals surface area contributed by atoms with Gasteiger partial charge in [-0.3, -0.25) is 4.79 Å². The number of nitrogens with two attached hydrogens (primary N) is 1. The fourth-order valence-electron chi connectivity index (χ4n) is 2.00. The summed E-state index contributed by atoms with van der Waals surface area (Å²) in [6.45, 7) is 2.49. The van der Waals surface area contributed by atoms with E-state index in [4.69, 9.17) is 10.5 Å². The summed E-state index contributed by atoms with van der Waals surface area (Å²) in [5.74, 6) is 0.883.